The van der Waals surface area contributed by atoms with Crippen molar-refractivity contribution in [3.63, 3.8) is 0 Å². The van der Waals surface area contributed by atoms with Crippen LogP contribution in [0.2, 0.25) is 0 Å². The van der Waals surface area contributed by atoms with E-state index in [9.17, 15) is 9.59 Å². The standard InChI is InChI=1S/C22H27NO7/c1-4-28-10-11-29-14-16-6-5-7-18(12-16)23-22(25)17-8-9-19(20(13-17)26-2)30-15-21(24)27-3/h5-9,12-13H,4,10-11,14-15H2,1-3H3,(H,23,25). The number of esters is 1. The smallest absolute Gasteiger partial charge is 0.343 e. The number of ether oxygens (including phenoxy) is 5. The maximum atomic E-state index is 12.6. The number of benzene rings is 2. The third-order valence-electron chi connectivity index (χ3n) is 4.03. The quantitative estimate of drug-likeness (QED) is 0.419. The average molecular weight is 417 g/mol. The lowest BCUT2D eigenvalue weighted by atomic mass is 10.1. The summed E-state index contributed by atoms with van der Waals surface area (Å²) < 4.78 is 25.9. The van der Waals surface area contributed by atoms with Gasteiger partial charge in [-0.2, -0.15) is 0 Å². The summed E-state index contributed by atoms with van der Waals surface area (Å²) in [5.41, 5.74) is 1.97. The fraction of sp³-hybridized carbons (Fsp3) is 0.364. The highest BCUT2D eigenvalue weighted by Crippen LogP contribution is 2.28. The third kappa shape index (κ3) is 7.38. The number of hydrogen-bond donors (Lipinski definition) is 1. The molecular formula is C22H27NO7. The summed E-state index contributed by atoms with van der Waals surface area (Å²) in [4.78, 5) is 23.9. The van der Waals surface area contributed by atoms with Crippen molar-refractivity contribution < 1.29 is 33.3 Å². The number of nitrogens with one attached hydrogen (secondary N) is 1. The van der Waals surface area contributed by atoms with Crippen LogP contribution < -0.4 is 14.8 Å². The normalized spacial score (nSPS) is 10.4. The molecule has 8 heteroatoms. The van der Waals surface area contributed by atoms with Crippen molar-refractivity contribution in [1.82, 2.24) is 0 Å². The van der Waals surface area contributed by atoms with Gasteiger partial charge in [-0.25, -0.2) is 4.79 Å². The van der Waals surface area contributed by atoms with Gasteiger partial charge >= 0.3 is 5.97 Å². The van der Waals surface area contributed by atoms with E-state index < -0.39 is 5.97 Å². The Morgan fingerprint density at radius 1 is 0.967 bits per heavy atom. The molecule has 0 unspecified atom stereocenters. The molecule has 0 aromatic heterocycles. The average Bonchev–Trinajstić information content (AvgIpc) is 2.77. The minimum atomic E-state index is -0.513. The first-order valence-electron chi connectivity index (χ1n) is 9.50. The van der Waals surface area contributed by atoms with Gasteiger partial charge in [0.1, 0.15) is 0 Å². The summed E-state index contributed by atoms with van der Waals surface area (Å²) in [6, 6.07) is 12.1. The Balaban J connectivity index is 1.98. The molecule has 0 aliphatic carbocycles. The Morgan fingerprint density at radius 3 is 2.50 bits per heavy atom. The van der Waals surface area contributed by atoms with Crippen LogP contribution in [0.15, 0.2) is 42.5 Å². The molecule has 2 aromatic rings. The number of hydrogen-bond acceptors (Lipinski definition) is 7. The third-order valence-corrected chi connectivity index (χ3v) is 4.03. The summed E-state index contributed by atoms with van der Waals surface area (Å²) in [5, 5.41) is 2.85. The van der Waals surface area contributed by atoms with Crippen molar-refractivity contribution in [3.8, 4) is 11.5 Å². The lowest BCUT2D eigenvalue weighted by Gasteiger charge is -2.12. The molecule has 0 heterocycles. The summed E-state index contributed by atoms with van der Waals surface area (Å²) in [5.74, 6) is -0.142. The second kappa shape index (κ2) is 12.5. The number of methoxy groups -OCH3 is 2. The number of anilines is 1. The topological polar surface area (TPSA) is 92.3 Å². The molecule has 30 heavy (non-hydrogen) atoms. The zero-order chi connectivity index (χ0) is 21.8. The molecule has 0 saturated carbocycles. The van der Waals surface area contributed by atoms with Gasteiger partial charge in [0.05, 0.1) is 34.0 Å². The molecule has 2 rings (SSSR count). The Kier molecular flexibility index (Phi) is 9.63. The van der Waals surface area contributed by atoms with Gasteiger partial charge in [0.2, 0.25) is 0 Å². The highest BCUT2D eigenvalue weighted by molar-refractivity contribution is 6.04. The Labute approximate surface area is 176 Å². The highest BCUT2D eigenvalue weighted by Gasteiger charge is 2.13. The summed E-state index contributed by atoms with van der Waals surface area (Å²) in [7, 11) is 2.73. The van der Waals surface area contributed by atoms with E-state index in [-0.39, 0.29) is 12.5 Å². The van der Waals surface area contributed by atoms with Crippen LogP contribution >= 0.6 is 0 Å². The molecule has 0 saturated heterocycles. The van der Waals surface area contributed by atoms with Crippen LogP contribution in [0.1, 0.15) is 22.8 Å². The van der Waals surface area contributed by atoms with Crippen LogP contribution in [0.3, 0.4) is 0 Å². The molecular weight excluding hydrogens is 390 g/mol. The predicted octanol–water partition coefficient (Wildman–Crippen LogP) is 3.05. The van der Waals surface area contributed by atoms with Crippen LogP contribution in [0.25, 0.3) is 0 Å². The summed E-state index contributed by atoms with van der Waals surface area (Å²) >= 11 is 0. The molecule has 0 spiro atoms. The van der Waals surface area contributed by atoms with Crippen molar-refractivity contribution in [2.45, 2.75) is 13.5 Å². The first-order valence-corrected chi connectivity index (χ1v) is 9.50. The van der Waals surface area contributed by atoms with E-state index in [0.29, 0.717) is 49.2 Å². The largest absolute Gasteiger partial charge is 0.493 e. The maximum absolute atomic E-state index is 12.6. The molecule has 0 aliphatic heterocycles. The fourth-order valence-electron chi connectivity index (χ4n) is 2.52. The summed E-state index contributed by atoms with van der Waals surface area (Å²) in [6.45, 7) is 3.83. The van der Waals surface area contributed by atoms with E-state index in [1.54, 1.807) is 24.3 Å². The van der Waals surface area contributed by atoms with Gasteiger partial charge in [-0.1, -0.05) is 12.1 Å². The van der Waals surface area contributed by atoms with Gasteiger partial charge in [-0.15, -0.1) is 0 Å². The maximum Gasteiger partial charge on any atom is 0.343 e. The summed E-state index contributed by atoms with van der Waals surface area (Å²) in [6.07, 6.45) is 0. The van der Waals surface area contributed by atoms with Crippen LogP contribution in [0.5, 0.6) is 11.5 Å². The van der Waals surface area contributed by atoms with Crippen molar-refractivity contribution in [2.75, 3.05) is 46.0 Å². The lowest BCUT2D eigenvalue weighted by molar-refractivity contribution is -0.142. The number of carbonyl (C=O) groups excluding carboxylic acids is 2. The van der Waals surface area contributed by atoms with Crippen molar-refractivity contribution in [1.29, 1.82) is 0 Å². The number of amides is 1. The van der Waals surface area contributed by atoms with Crippen LogP contribution in [-0.4, -0.2) is 52.5 Å². The first-order chi connectivity index (χ1) is 14.6. The van der Waals surface area contributed by atoms with E-state index in [1.165, 1.54) is 14.2 Å². The Bertz CT molecular complexity index is 838. The minimum absolute atomic E-state index is 0.252. The van der Waals surface area contributed by atoms with E-state index in [2.05, 4.69) is 10.1 Å². The minimum Gasteiger partial charge on any atom is -0.493 e. The molecule has 0 atom stereocenters. The Hall–Kier alpha value is -3.10. The van der Waals surface area contributed by atoms with Crippen molar-refractivity contribution in [3.05, 3.63) is 53.6 Å². The zero-order valence-electron chi connectivity index (χ0n) is 17.4. The van der Waals surface area contributed by atoms with Gasteiger partial charge in [0, 0.05) is 17.9 Å². The monoisotopic (exact) mass is 417 g/mol. The van der Waals surface area contributed by atoms with Crippen LogP contribution in [0, 0.1) is 0 Å². The molecule has 8 nitrogen and oxygen atoms in total. The molecule has 0 aliphatic rings. The van der Waals surface area contributed by atoms with Crippen molar-refractivity contribution in [2.24, 2.45) is 0 Å². The molecule has 0 bridgehead atoms. The lowest BCUT2D eigenvalue weighted by Crippen LogP contribution is -2.14. The molecule has 2 aromatic carbocycles. The van der Waals surface area contributed by atoms with Gasteiger partial charge in [-0.05, 0) is 42.8 Å². The van der Waals surface area contributed by atoms with Gasteiger partial charge < -0.3 is 29.0 Å². The fourth-order valence-corrected chi connectivity index (χ4v) is 2.52. The molecule has 0 radical (unpaired) electrons. The second-order valence-corrected chi connectivity index (χ2v) is 6.13. The molecule has 1 amide bonds. The van der Waals surface area contributed by atoms with Gasteiger partial charge in [-0.3, -0.25) is 4.79 Å². The van der Waals surface area contributed by atoms with E-state index >= 15 is 0 Å². The van der Waals surface area contributed by atoms with Crippen LogP contribution in [-0.2, 0) is 25.6 Å². The zero-order valence-corrected chi connectivity index (χ0v) is 17.4. The second-order valence-electron chi connectivity index (χ2n) is 6.13. The van der Waals surface area contributed by atoms with Gasteiger partial charge in [0.25, 0.3) is 5.91 Å². The van der Waals surface area contributed by atoms with E-state index in [0.717, 1.165) is 5.56 Å². The Morgan fingerprint density at radius 2 is 1.77 bits per heavy atom. The first kappa shape index (κ1) is 23.2. The SMILES string of the molecule is CCOCCOCc1cccc(NC(=O)c2ccc(OCC(=O)OC)c(OC)c2)c1. The van der Waals surface area contributed by atoms with E-state index in [1.807, 2.05) is 25.1 Å². The number of rotatable bonds is 12. The van der Waals surface area contributed by atoms with Gasteiger partial charge in [0.15, 0.2) is 18.1 Å². The molecule has 0 fully saturated rings. The van der Waals surface area contributed by atoms with E-state index in [4.69, 9.17) is 18.9 Å². The predicted molar refractivity (Wildman–Crippen MR) is 111 cm³/mol. The van der Waals surface area contributed by atoms with Crippen LogP contribution in [0.4, 0.5) is 5.69 Å². The highest BCUT2D eigenvalue weighted by atomic mass is 16.6. The number of carbonyl (C=O) groups is 2. The molecule has 162 valence electrons. The van der Waals surface area contributed by atoms with Crippen molar-refractivity contribution >= 4 is 17.6 Å². The molecule has 1 N–H and O–H groups in total.